The number of likely N-dealkylation sites (tertiary alicyclic amines) is 2. The molecule has 4 amide bonds. The maximum absolute atomic E-state index is 13.9. The van der Waals surface area contributed by atoms with Crippen LogP contribution in [-0.4, -0.2) is 125 Å². The number of hydrogen-bond donors (Lipinski definition) is 3. The van der Waals surface area contributed by atoms with Crippen molar-refractivity contribution in [2.45, 2.75) is 88.5 Å². The van der Waals surface area contributed by atoms with E-state index in [-0.39, 0.29) is 68.6 Å². The molecule has 360 valence electrons. The number of rotatable bonds is 17. The number of benzene rings is 3. The van der Waals surface area contributed by atoms with Gasteiger partial charge in [0.25, 0.3) is 17.1 Å². The zero-order chi connectivity index (χ0) is 49.0. The molecule has 0 radical (unpaired) electrons. The average Bonchev–Trinajstić information content (AvgIpc) is 4.02. The fraction of sp³-hybridized carbons (Fsp3) is 0.432. The lowest BCUT2D eigenvalue weighted by Crippen LogP contribution is -2.63. The number of aliphatic hydroxyl groups is 2. The van der Waals surface area contributed by atoms with Crippen LogP contribution in [0.3, 0.4) is 0 Å². The zero-order valence-corrected chi connectivity index (χ0v) is 37.4. The molecule has 3 saturated heterocycles. The summed E-state index contributed by atoms with van der Waals surface area (Å²) in [5.74, 6) is -3.10. The number of aliphatic hydroxyl groups excluding tert-OH is 2. The average molecular weight is 962 g/mol. The Kier molecular flexibility index (Phi) is 14.9. The lowest BCUT2D eigenvalue weighted by molar-refractivity contribution is -0.385. The minimum absolute atomic E-state index is 0.0445. The number of non-ortho nitro benzene ring substituents is 3. The second kappa shape index (κ2) is 20.8. The molecule has 0 aliphatic carbocycles. The minimum Gasteiger partial charge on any atom is -0.456 e. The lowest BCUT2D eigenvalue weighted by atomic mass is 9.79. The van der Waals surface area contributed by atoms with E-state index < -0.39 is 98.6 Å². The zero-order valence-electron chi connectivity index (χ0n) is 36.6. The minimum atomic E-state index is -1.43. The molecule has 3 N–H and O–H groups in total. The molecule has 0 spiro atoms. The normalized spacial score (nSPS) is 22.8. The van der Waals surface area contributed by atoms with E-state index in [9.17, 15) is 64.5 Å². The van der Waals surface area contributed by atoms with Crippen molar-refractivity contribution in [2.75, 3.05) is 19.6 Å². The largest absolute Gasteiger partial charge is 0.456 e. The van der Waals surface area contributed by atoms with Crippen LogP contribution >= 0.6 is 11.8 Å². The Morgan fingerprint density at radius 2 is 1.31 bits per heavy atom. The molecule has 1 unspecified atom stereocenters. The van der Waals surface area contributed by atoms with Gasteiger partial charge in [0.1, 0.15) is 25.5 Å². The van der Waals surface area contributed by atoms with E-state index in [0.29, 0.717) is 28.0 Å². The lowest BCUT2D eigenvalue weighted by Gasteiger charge is -2.46. The summed E-state index contributed by atoms with van der Waals surface area (Å²) in [6.45, 7) is 2.86. The number of nitrogens with one attached hydrogen (secondary N) is 1. The van der Waals surface area contributed by atoms with Crippen LogP contribution in [-0.2, 0) is 48.4 Å². The molecule has 4 heterocycles. The molecule has 3 fully saturated rings. The van der Waals surface area contributed by atoms with Gasteiger partial charge in [-0.25, -0.2) is 14.4 Å². The number of nitro groups is 3. The van der Waals surface area contributed by atoms with Gasteiger partial charge in [-0.15, -0.1) is 11.8 Å². The van der Waals surface area contributed by atoms with Crippen LogP contribution in [0.5, 0.6) is 0 Å². The summed E-state index contributed by atoms with van der Waals surface area (Å²) in [5.41, 5.74) is 0.938. The molecule has 24 heteroatoms. The Morgan fingerprint density at radius 3 is 1.82 bits per heavy atom. The first-order valence-electron chi connectivity index (χ1n) is 21.5. The highest BCUT2D eigenvalue weighted by molar-refractivity contribution is 8.03. The summed E-state index contributed by atoms with van der Waals surface area (Å²) in [7, 11) is 0. The molecule has 0 aromatic heterocycles. The van der Waals surface area contributed by atoms with Crippen LogP contribution < -0.4 is 5.32 Å². The molecule has 8 atom stereocenters. The molecule has 7 rings (SSSR count). The van der Waals surface area contributed by atoms with Crippen molar-refractivity contribution in [2.24, 2.45) is 11.8 Å². The van der Waals surface area contributed by atoms with Gasteiger partial charge in [-0.2, -0.15) is 0 Å². The molecule has 3 aromatic carbocycles. The number of esters is 1. The van der Waals surface area contributed by atoms with Crippen molar-refractivity contribution >= 4 is 58.8 Å². The van der Waals surface area contributed by atoms with E-state index in [4.69, 9.17) is 14.2 Å². The quantitative estimate of drug-likeness (QED) is 0.0558. The van der Waals surface area contributed by atoms with Crippen molar-refractivity contribution in [1.29, 1.82) is 0 Å². The van der Waals surface area contributed by atoms with Crippen molar-refractivity contribution in [3.05, 3.63) is 130 Å². The first kappa shape index (κ1) is 48.7. The van der Waals surface area contributed by atoms with Crippen molar-refractivity contribution in [3.63, 3.8) is 0 Å². The van der Waals surface area contributed by atoms with Crippen molar-refractivity contribution in [3.8, 4) is 0 Å². The number of alkyl carbamates (subject to hydrolysis) is 1. The predicted octanol–water partition coefficient (Wildman–Crippen LogP) is 4.31. The third-order valence-corrected chi connectivity index (χ3v) is 13.9. The third-order valence-electron chi connectivity index (χ3n) is 12.4. The molecule has 23 nitrogen and oxygen atoms in total. The van der Waals surface area contributed by atoms with Crippen LogP contribution in [0.4, 0.5) is 26.7 Å². The SMILES string of the molecule is C[C@@H](O)[C@H]1C(=O)N2C(C(=O)OCc3ccc([N+](=O)[O-])cc3)=C(S[C@H]3C[C@@H](C(O)CC(=O)N4CC[C@H](NC(=O)OCc5ccc([N+](=O)[O-])cc5)C4)N(C(=O)OCc4ccc([N+](=O)[O-])cc4)C3)[C@H](C)[C@H]12. The number of amides is 4. The number of nitro benzene ring substituents is 3. The van der Waals surface area contributed by atoms with Crippen LogP contribution in [0.2, 0.25) is 0 Å². The van der Waals surface area contributed by atoms with Gasteiger partial charge >= 0.3 is 18.2 Å². The molecule has 3 aromatic rings. The second-order valence-corrected chi connectivity index (χ2v) is 18.2. The highest BCUT2D eigenvalue weighted by Gasteiger charge is 2.60. The molecular weight excluding hydrogens is 915 g/mol. The summed E-state index contributed by atoms with van der Waals surface area (Å²) in [4.78, 5) is 103. The molecule has 68 heavy (non-hydrogen) atoms. The first-order valence-corrected chi connectivity index (χ1v) is 22.4. The highest BCUT2D eigenvalue weighted by Crippen LogP contribution is 2.52. The van der Waals surface area contributed by atoms with Gasteiger partial charge in [-0.1, -0.05) is 6.92 Å². The number of β-lactam (4-membered cyclic amide) rings is 1. The standard InChI is InChI=1S/C44H47N7O16S/c1-24-38-37(25(2)52)41(55)48(38)39(42(56)65-21-26-3-9-30(10-4-26)49(59)60)40(24)68-33-17-34(47(20-33)44(58)67-23-28-7-13-32(14-8-28)51(63)64)35(53)18-36(54)46-16-15-29(19-46)45-43(57)66-22-27-5-11-31(12-6-27)50(61)62/h3-14,24-25,29,33-35,37-38,52-53H,15-23H2,1-2H3,(H,45,57)/t24-,25-,29+,33+,34+,35?,37-,38-/m1/s1. The maximum atomic E-state index is 13.9. The Labute approximate surface area is 391 Å². The number of ether oxygens (including phenoxy) is 3. The topological polar surface area (TPSA) is 305 Å². The second-order valence-electron chi connectivity index (χ2n) is 16.9. The maximum Gasteiger partial charge on any atom is 0.410 e. The Balaban J connectivity index is 1.04. The number of hydrogen-bond acceptors (Lipinski definition) is 17. The van der Waals surface area contributed by atoms with Gasteiger partial charge in [0.2, 0.25) is 11.8 Å². The van der Waals surface area contributed by atoms with E-state index in [1.165, 1.54) is 106 Å². The summed E-state index contributed by atoms with van der Waals surface area (Å²) in [6, 6.07) is 14.2. The smallest absolute Gasteiger partial charge is 0.410 e. The van der Waals surface area contributed by atoms with Crippen LogP contribution in [0.1, 0.15) is 49.8 Å². The van der Waals surface area contributed by atoms with Crippen molar-refractivity contribution in [1.82, 2.24) is 20.0 Å². The van der Waals surface area contributed by atoms with Crippen LogP contribution in [0, 0.1) is 42.2 Å². The third kappa shape index (κ3) is 10.8. The molecule has 0 bridgehead atoms. The fourth-order valence-corrected chi connectivity index (χ4v) is 10.4. The Morgan fingerprint density at radius 1 is 0.794 bits per heavy atom. The molecule has 4 aliphatic rings. The summed E-state index contributed by atoms with van der Waals surface area (Å²) < 4.78 is 16.5. The van der Waals surface area contributed by atoms with Gasteiger partial charge in [-0.3, -0.25) is 39.9 Å². The van der Waals surface area contributed by atoms with Gasteiger partial charge < -0.3 is 44.4 Å². The summed E-state index contributed by atoms with van der Waals surface area (Å²) in [6.07, 6.45) is -4.04. The van der Waals surface area contributed by atoms with Crippen LogP contribution in [0.15, 0.2) is 83.4 Å². The van der Waals surface area contributed by atoms with E-state index in [0.717, 1.165) is 0 Å². The first-order chi connectivity index (χ1) is 32.4. The summed E-state index contributed by atoms with van der Waals surface area (Å²) >= 11 is 1.19. The van der Waals surface area contributed by atoms with E-state index in [2.05, 4.69) is 5.32 Å². The van der Waals surface area contributed by atoms with E-state index in [1.54, 1.807) is 6.92 Å². The number of fused-ring (bicyclic) bond motifs is 1. The van der Waals surface area contributed by atoms with Crippen molar-refractivity contribution < 1.29 is 63.2 Å². The van der Waals surface area contributed by atoms with Gasteiger partial charge in [-0.05, 0) is 72.9 Å². The molecule has 4 aliphatic heterocycles. The molecule has 0 saturated carbocycles. The van der Waals surface area contributed by atoms with E-state index >= 15 is 0 Å². The number of carbonyl (C=O) groups excluding carboxylic acids is 5. The Hall–Kier alpha value is -7.18. The van der Waals surface area contributed by atoms with Gasteiger partial charge in [0, 0.05) is 72.1 Å². The molecular formula is C44H47N7O16S. The van der Waals surface area contributed by atoms with Gasteiger partial charge in [0.15, 0.2) is 0 Å². The number of thioether (sulfide) groups is 1. The monoisotopic (exact) mass is 961 g/mol. The number of carbonyl (C=O) groups is 5. The highest BCUT2D eigenvalue weighted by atomic mass is 32.2. The van der Waals surface area contributed by atoms with Crippen LogP contribution in [0.25, 0.3) is 0 Å². The fourth-order valence-electron chi connectivity index (χ4n) is 8.83. The number of nitrogens with zero attached hydrogens (tertiary/aromatic N) is 6. The predicted molar refractivity (Wildman–Crippen MR) is 237 cm³/mol. The Bertz CT molecular complexity index is 2490. The van der Waals surface area contributed by atoms with Gasteiger partial charge in [0.05, 0.1) is 57.4 Å². The van der Waals surface area contributed by atoms with E-state index in [1.807, 2.05) is 0 Å². The summed E-state index contributed by atoms with van der Waals surface area (Å²) in [5, 5.41) is 57.6.